The monoisotopic (exact) mass is 344 g/mol. The van der Waals surface area contributed by atoms with Gasteiger partial charge in [-0.2, -0.15) is 0 Å². The molecule has 0 radical (unpaired) electrons. The highest BCUT2D eigenvalue weighted by Gasteiger charge is 2.17. The molecule has 0 bridgehead atoms. The van der Waals surface area contributed by atoms with Crippen LogP contribution in [0.4, 0.5) is 0 Å². The van der Waals surface area contributed by atoms with E-state index in [1.165, 1.54) is 11.1 Å². The Balaban J connectivity index is 1.61. The maximum absolute atomic E-state index is 5.80. The summed E-state index contributed by atoms with van der Waals surface area (Å²) in [7, 11) is 0. The second kappa shape index (κ2) is 7.34. The van der Waals surface area contributed by atoms with Gasteiger partial charge in [0.25, 0.3) is 0 Å². The Morgan fingerprint density at radius 2 is 1.83 bits per heavy atom. The number of furan rings is 2. The summed E-state index contributed by atoms with van der Waals surface area (Å²) in [6.07, 6.45) is 5.50. The van der Waals surface area contributed by atoms with Crippen LogP contribution in [0.3, 0.4) is 0 Å². The summed E-state index contributed by atoms with van der Waals surface area (Å²) in [5.74, 6) is 3.18. The number of hydrogen-bond donors (Lipinski definition) is 0. The topological polar surface area (TPSA) is 52.1 Å². The summed E-state index contributed by atoms with van der Waals surface area (Å²) in [6, 6.07) is 4.32. The average molecular weight is 344 g/mol. The number of nitrogens with zero attached hydrogens (tertiary/aromatic N) is 2. The molecule has 0 fully saturated rings. The maximum atomic E-state index is 5.80. The lowest BCUT2D eigenvalue weighted by Crippen LogP contribution is -1.98. The van der Waals surface area contributed by atoms with E-state index in [9.17, 15) is 0 Å². The zero-order valence-corrected chi connectivity index (χ0v) is 15.5. The van der Waals surface area contributed by atoms with E-state index in [0.717, 1.165) is 29.4 Å². The third-order valence-electron chi connectivity index (χ3n) is 4.35. The van der Waals surface area contributed by atoms with Crippen molar-refractivity contribution >= 4 is 11.3 Å². The zero-order chi connectivity index (χ0) is 17.1. The van der Waals surface area contributed by atoms with E-state index in [2.05, 4.69) is 50.0 Å². The van der Waals surface area contributed by atoms with Gasteiger partial charge in [-0.1, -0.05) is 27.7 Å². The smallest absolute Gasteiger partial charge is 0.120 e. The molecule has 24 heavy (non-hydrogen) atoms. The molecule has 4 nitrogen and oxygen atoms in total. The van der Waals surface area contributed by atoms with Gasteiger partial charge in [0, 0.05) is 18.3 Å². The highest BCUT2D eigenvalue weighted by Crippen LogP contribution is 2.28. The van der Waals surface area contributed by atoms with E-state index >= 15 is 0 Å². The molecule has 3 aromatic heterocycles. The molecule has 2 unspecified atom stereocenters. The second-order valence-electron chi connectivity index (χ2n) is 6.85. The average Bonchev–Trinajstić information content (AvgIpc) is 3.28. The van der Waals surface area contributed by atoms with Crippen molar-refractivity contribution in [2.45, 2.75) is 58.3 Å². The van der Waals surface area contributed by atoms with Crippen LogP contribution in [0.2, 0.25) is 0 Å². The van der Waals surface area contributed by atoms with Gasteiger partial charge >= 0.3 is 0 Å². The standard InChI is InChI=1S/C19H24N2O2S/c1-12(2)16-8-17(22-10-16)6-13(3)18-7-15(9-23-18)5-14(4)19-21-20-11-24-19/h7-14H,5-6H2,1-4H3. The lowest BCUT2D eigenvalue weighted by Gasteiger charge is -2.06. The van der Waals surface area contributed by atoms with E-state index in [0.29, 0.717) is 17.8 Å². The number of aromatic nitrogens is 2. The van der Waals surface area contributed by atoms with E-state index in [-0.39, 0.29) is 0 Å². The quantitative estimate of drug-likeness (QED) is 0.564. The summed E-state index contributed by atoms with van der Waals surface area (Å²) in [5, 5.41) is 9.14. The van der Waals surface area contributed by atoms with Crippen LogP contribution in [-0.4, -0.2) is 10.2 Å². The molecule has 5 heteroatoms. The minimum absolute atomic E-state index is 0.293. The predicted molar refractivity (Wildman–Crippen MR) is 95.7 cm³/mol. The van der Waals surface area contributed by atoms with Crippen LogP contribution in [0.15, 0.2) is 39.0 Å². The van der Waals surface area contributed by atoms with Crippen molar-refractivity contribution in [3.8, 4) is 0 Å². The molecular formula is C19H24N2O2S. The van der Waals surface area contributed by atoms with E-state index in [1.807, 2.05) is 12.5 Å². The molecule has 0 saturated heterocycles. The Labute approximate surface area is 146 Å². The summed E-state index contributed by atoms with van der Waals surface area (Å²) < 4.78 is 11.5. The van der Waals surface area contributed by atoms with Gasteiger partial charge in [-0.05, 0) is 35.6 Å². The minimum Gasteiger partial charge on any atom is -0.469 e. The van der Waals surface area contributed by atoms with Crippen LogP contribution in [0.5, 0.6) is 0 Å². The molecule has 2 atom stereocenters. The van der Waals surface area contributed by atoms with Gasteiger partial charge in [0.1, 0.15) is 22.0 Å². The molecular weight excluding hydrogens is 320 g/mol. The normalized spacial score (nSPS) is 14.2. The third kappa shape index (κ3) is 3.96. The van der Waals surface area contributed by atoms with E-state index in [4.69, 9.17) is 8.83 Å². The van der Waals surface area contributed by atoms with Gasteiger partial charge in [0.15, 0.2) is 0 Å². The molecule has 3 rings (SSSR count). The molecule has 0 aromatic carbocycles. The molecule has 0 N–H and O–H groups in total. The van der Waals surface area contributed by atoms with Crippen molar-refractivity contribution in [2.75, 3.05) is 0 Å². The molecule has 0 aliphatic rings. The molecule has 3 heterocycles. The second-order valence-corrected chi connectivity index (χ2v) is 7.71. The summed E-state index contributed by atoms with van der Waals surface area (Å²) in [5.41, 5.74) is 4.24. The summed E-state index contributed by atoms with van der Waals surface area (Å²) in [6.45, 7) is 8.70. The zero-order valence-electron chi connectivity index (χ0n) is 14.7. The van der Waals surface area contributed by atoms with Gasteiger partial charge in [-0.3, -0.25) is 0 Å². The molecule has 128 valence electrons. The van der Waals surface area contributed by atoms with Crippen molar-refractivity contribution in [2.24, 2.45) is 0 Å². The summed E-state index contributed by atoms with van der Waals surface area (Å²) >= 11 is 1.60. The lowest BCUT2D eigenvalue weighted by atomic mass is 9.99. The fraction of sp³-hybridized carbons (Fsp3) is 0.474. The highest BCUT2D eigenvalue weighted by atomic mass is 32.1. The fourth-order valence-electron chi connectivity index (χ4n) is 2.81. The maximum Gasteiger partial charge on any atom is 0.120 e. The van der Waals surface area contributed by atoms with Gasteiger partial charge in [0.05, 0.1) is 12.5 Å². The molecule has 0 amide bonds. The van der Waals surface area contributed by atoms with E-state index in [1.54, 1.807) is 16.8 Å². The highest BCUT2D eigenvalue weighted by molar-refractivity contribution is 7.09. The van der Waals surface area contributed by atoms with Crippen molar-refractivity contribution < 1.29 is 8.83 Å². The Morgan fingerprint density at radius 1 is 1.00 bits per heavy atom. The van der Waals surface area contributed by atoms with Crippen LogP contribution < -0.4 is 0 Å². The Hall–Kier alpha value is -1.88. The van der Waals surface area contributed by atoms with Crippen molar-refractivity contribution in [1.82, 2.24) is 10.2 Å². The van der Waals surface area contributed by atoms with Crippen molar-refractivity contribution in [1.29, 1.82) is 0 Å². The van der Waals surface area contributed by atoms with Crippen molar-refractivity contribution in [3.05, 3.63) is 57.8 Å². The van der Waals surface area contributed by atoms with Gasteiger partial charge < -0.3 is 8.83 Å². The van der Waals surface area contributed by atoms with Crippen LogP contribution >= 0.6 is 11.3 Å². The van der Waals surface area contributed by atoms with Crippen LogP contribution in [0.25, 0.3) is 0 Å². The van der Waals surface area contributed by atoms with Crippen LogP contribution in [0, 0.1) is 0 Å². The first-order chi connectivity index (χ1) is 11.5. The van der Waals surface area contributed by atoms with E-state index < -0.39 is 0 Å². The first-order valence-corrected chi connectivity index (χ1v) is 9.31. The molecule has 0 aliphatic heterocycles. The Bertz CT molecular complexity index is 758. The van der Waals surface area contributed by atoms with Crippen molar-refractivity contribution in [3.63, 3.8) is 0 Å². The van der Waals surface area contributed by atoms with Gasteiger partial charge in [0.2, 0.25) is 0 Å². The molecule has 0 saturated carbocycles. The number of rotatable bonds is 7. The lowest BCUT2D eigenvalue weighted by molar-refractivity contribution is 0.439. The number of hydrogen-bond acceptors (Lipinski definition) is 5. The fourth-order valence-corrected chi connectivity index (χ4v) is 3.42. The third-order valence-corrected chi connectivity index (χ3v) is 5.27. The molecule has 0 aliphatic carbocycles. The Morgan fingerprint density at radius 3 is 2.50 bits per heavy atom. The predicted octanol–water partition coefficient (Wildman–Crippen LogP) is 5.54. The molecule has 0 spiro atoms. The van der Waals surface area contributed by atoms with Gasteiger partial charge in [-0.15, -0.1) is 21.5 Å². The van der Waals surface area contributed by atoms with Crippen LogP contribution in [0.1, 0.15) is 73.1 Å². The first-order valence-electron chi connectivity index (χ1n) is 8.43. The van der Waals surface area contributed by atoms with Gasteiger partial charge in [-0.25, -0.2) is 0 Å². The Kier molecular flexibility index (Phi) is 5.19. The molecule has 3 aromatic rings. The summed E-state index contributed by atoms with van der Waals surface area (Å²) in [4.78, 5) is 0. The largest absolute Gasteiger partial charge is 0.469 e. The first kappa shape index (κ1) is 17.0. The van der Waals surface area contributed by atoms with Crippen LogP contribution in [-0.2, 0) is 12.8 Å². The SMILES string of the molecule is CC(C)c1coc(CC(C)c2cc(CC(C)c3nncs3)co2)c1. The minimum atomic E-state index is 0.293.